The number of benzene rings is 1. The van der Waals surface area contributed by atoms with Crippen molar-refractivity contribution < 1.29 is 0 Å². The quantitative estimate of drug-likeness (QED) is 0.798. The maximum absolute atomic E-state index is 4.70. The summed E-state index contributed by atoms with van der Waals surface area (Å²) < 4.78 is 1.84. The van der Waals surface area contributed by atoms with Gasteiger partial charge in [0.05, 0.1) is 5.52 Å². The highest BCUT2D eigenvalue weighted by Crippen LogP contribution is 2.21. The van der Waals surface area contributed by atoms with Crippen molar-refractivity contribution in [2.45, 2.75) is 27.3 Å². The molecule has 5 nitrogen and oxygen atoms in total. The van der Waals surface area contributed by atoms with Crippen molar-refractivity contribution in [3.05, 3.63) is 47.2 Å². The van der Waals surface area contributed by atoms with E-state index in [9.17, 15) is 0 Å². The summed E-state index contributed by atoms with van der Waals surface area (Å²) in [6.45, 7) is 7.92. The van der Waals surface area contributed by atoms with Gasteiger partial charge in [-0.3, -0.25) is 0 Å². The second-order valence-electron chi connectivity index (χ2n) is 5.15. The Kier molecular flexibility index (Phi) is 3.66. The van der Waals surface area contributed by atoms with E-state index in [2.05, 4.69) is 35.5 Å². The van der Waals surface area contributed by atoms with Gasteiger partial charge in [0.15, 0.2) is 5.82 Å². The van der Waals surface area contributed by atoms with Gasteiger partial charge in [-0.15, -0.1) is 5.10 Å². The van der Waals surface area contributed by atoms with E-state index < -0.39 is 0 Å². The smallest absolute Gasteiger partial charge is 0.160 e. The first-order valence-corrected chi connectivity index (χ1v) is 7.19. The molecule has 2 aromatic heterocycles. The Morgan fingerprint density at radius 3 is 2.81 bits per heavy atom. The van der Waals surface area contributed by atoms with E-state index >= 15 is 0 Å². The number of para-hydroxylation sites is 1. The van der Waals surface area contributed by atoms with Gasteiger partial charge in [-0.25, -0.2) is 4.98 Å². The molecule has 0 saturated carbocycles. The van der Waals surface area contributed by atoms with Gasteiger partial charge in [0, 0.05) is 17.8 Å². The number of rotatable bonds is 4. The fourth-order valence-electron chi connectivity index (χ4n) is 2.51. The molecule has 3 rings (SSSR count). The molecule has 1 N–H and O–H groups in total. The van der Waals surface area contributed by atoms with Gasteiger partial charge in [-0.05, 0) is 44.2 Å². The van der Waals surface area contributed by atoms with Crippen LogP contribution in [0.5, 0.6) is 0 Å². The molecule has 5 heteroatoms. The molecule has 1 aromatic carbocycles. The van der Waals surface area contributed by atoms with Gasteiger partial charge < -0.3 is 5.32 Å². The summed E-state index contributed by atoms with van der Waals surface area (Å²) in [4.78, 5) is 4.70. The average Bonchev–Trinajstić information content (AvgIpc) is 2.89. The number of hydrogen-bond donors (Lipinski definition) is 1. The van der Waals surface area contributed by atoms with Crippen LogP contribution in [0.1, 0.15) is 23.7 Å². The van der Waals surface area contributed by atoms with Crippen LogP contribution < -0.4 is 5.32 Å². The second kappa shape index (κ2) is 5.61. The van der Waals surface area contributed by atoms with E-state index in [1.807, 2.05) is 35.9 Å². The summed E-state index contributed by atoms with van der Waals surface area (Å²) in [5.41, 5.74) is 5.24. The van der Waals surface area contributed by atoms with Crippen LogP contribution in [-0.4, -0.2) is 26.5 Å². The molecule has 0 atom stereocenters. The molecule has 0 aliphatic heterocycles. The van der Waals surface area contributed by atoms with Crippen molar-refractivity contribution >= 4 is 11.0 Å². The highest BCUT2D eigenvalue weighted by atomic mass is 15.4. The van der Waals surface area contributed by atoms with E-state index in [1.54, 1.807) is 0 Å². The molecule has 108 valence electrons. The van der Waals surface area contributed by atoms with Crippen molar-refractivity contribution in [2.75, 3.05) is 6.54 Å². The van der Waals surface area contributed by atoms with Gasteiger partial charge in [0.2, 0.25) is 0 Å². The molecule has 3 aromatic rings. The lowest BCUT2D eigenvalue weighted by Crippen LogP contribution is -2.17. The van der Waals surface area contributed by atoms with E-state index in [0.717, 1.165) is 41.2 Å². The van der Waals surface area contributed by atoms with Crippen LogP contribution in [0.25, 0.3) is 16.9 Å². The van der Waals surface area contributed by atoms with Gasteiger partial charge in [0.25, 0.3) is 0 Å². The van der Waals surface area contributed by atoms with Crippen LogP contribution in [0.3, 0.4) is 0 Å². The van der Waals surface area contributed by atoms with Crippen LogP contribution in [0.15, 0.2) is 30.3 Å². The van der Waals surface area contributed by atoms with E-state index in [1.165, 1.54) is 5.56 Å². The third-order valence-electron chi connectivity index (χ3n) is 3.56. The Labute approximate surface area is 124 Å². The van der Waals surface area contributed by atoms with E-state index in [-0.39, 0.29) is 0 Å². The normalized spacial score (nSPS) is 11.2. The fraction of sp³-hybridized carbons (Fsp3) is 0.312. The lowest BCUT2D eigenvalue weighted by molar-refractivity contribution is 0.701. The molecular formula is C16H19N5. The molecule has 2 heterocycles. The Bertz CT molecular complexity index is 775. The number of nitrogens with zero attached hydrogens (tertiary/aromatic N) is 4. The second-order valence-corrected chi connectivity index (χ2v) is 5.15. The van der Waals surface area contributed by atoms with Gasteiger partial charge in [-0.2, -0.15) is 4.68 Å². The van der Waals surface area contributed by atoms with Crippen molar-refractivity contribution in [1.29, 1.82) is 0 Å². The van der Waals surface area contributed by atoms with Crippen molar-refractivity contribution in [3.8, 4) is 5.82 Å². The number of nitrogens with one attached hydrogen (secondary N) is 1. The molecule has 0 aliphatic carbocycles. The molecule has 0 spiro atoms. The predicted octanol–water partition coefficient (Wildman–Crippen LogP) is 2.54. The zero-order chi connectivity index (χ0) is 14.8. The summed E-state index contributed by atoms with van der Waals surface area (Å²) in [5, 5.41) is 11.9. The van der Waals surface area contributed by atoms with Gasteiger partial charge in [0.1, 0.15) is 5.52 Å². The topological polar surface area (TPSA) is 55.6 Å². The van der Waals surface area contributed by atoms with Crippen LogP contribution in [0.2, 0.25) is 0 Å². The zero-order valence-electron chi connectivity index (χ0n) is 12.6. The SMILES string of the molecule is CCNCc1c(C)cc(C)nc1-n1nnc2ccccc21. The Morgan fingerprint density at radius 2 is 2.00 bits per heavy atom. The van der Waals surface area contributed by atoms with Gasteiger partial charge >= 0.3 is 0 Å². The minimum atomic E-state index is 0.777. The molecule has 0 unspecified atom stereocenters. The first-order chi connectivity index (χ1) is 10.2. The first kappa shape index (κ1) is 13.7. The Balaban J connectivity index is 2.20. The summed E-state index contributed by atoms with van der Waals surface area (Å²) in [7, 11) is 0. The van der Waals surface area contributed by atoms with E-state index in [0.29, 0.717) is 0 Å². The largest absolute Gasteiger partial charge is 0.313 e. The van der Waals surface area contributed by atoms with Crippen LogP contribution >= 0.6 is 0 Å². The van der Waals surface area contributed by atoms with Gasteiger partial charge in [-0.1, -0.05) is 24.3 Å². The fourth-order valence-corrected chi connectivity index (χ4v) is 2.51. The maximum Gasteiger partial charge on any atom is 0.160 e. The van der Waals surface area contributed by atoms with Crippen LogP contribution in [0, 0.1) is 13.8 Å². The summed E-state index contributed by atoms with van der Waals surface area (Å²) in [5.74, 6) is 0.863. The summed E-state index contributed by atoms with van der Waals surface area (Å²) in [6, 6.07) is 10.1. The molecule has 21 heavy (non-hydrogen) atoms. The number of aromatic nitrogens is 4. The number of aryl methyl sites for hydroxylation is 2. The Morgan fingerprint density at radius 1 is 1.19 bits per heavy atom. The predicted molar refractivity (Wildman–Crippen MR) is 83.5 cm³/mol. The highest BCUT2D eigenvalue weighted by Gasteiger charge is 2.14. The van der Waals surface area contributed by atoms with Crippen molar-refractivity contribution in [3.63, 3.8) is 0 Å². The maximum atomic E-state index is 4.70. The molecular weight excluding hydrogens is 262 g/mol. The van der Waals surface area contributed by atoms with Crippen molar-refractivity contribution in [1.82, 2.24) is 25.3 Å². The minimum Gasteiger partial charge on any atom is -0.313 e. The third kappa shape index (κ3) is 2.52. The van der Waals surface area contributed by atoms with E-state index in [4.69, 9.17) is 4.98 Å². The molecule has 0 aliphatic rings. The Hall–Kier alpha value is -2.27. The lowest BCUT2D eigenvalue weighted by Gasteiger charge is -2.13. The van der Waals surface area contributed by atoms with Crippen molar-refractivity contribution in [2.24, 2.45) is 0 Å². The standard InChI is InChI=1S/C16H19N5/c1-4-17-10-13-11(2)9-12(3)18-16(13)21-15-8-6-5-7-14(15)19-20-21/h5-9,17H,4,10H2,1-3H3. The lowest BCUT2D eigenvalue weighted by atomic mass is 10.1. The summed E-state index contributed by atoms with van der Waals surface area (Å²) in [6.07, 6.45) is 0. The molecule has 0 radical (unpaired) electrons. The minimum absolute atomic E-state index is 0.777. The monoisotopic (exact) mass is 281 g/mol. The highest BCUT2D eigenvalue weighted by molar-refractivity contribution is 5.75. The molecule has 0 saturated heterocycles. The molecule has 0 fully saturated rings. The zero-order valence-corrected chi connectivity index (χ0v) is 12.6. The average molecular weight is 281 g/mol. The number of hydrogen-bond acceptors (Lipinski definition) is 4. The van der Waals surface area contributed by atoms with Crippen LogP contribution in [-0.2, 0) is 6.54 Å². The van der Waals surface area contributed by atoms with Crippen LogP contribution in [0.4, 0.5) is 0 Å². The third-order valence-corrected chi connectivity index (χ3v) is 3.56. The number of pyridine rings is 1. The summed E-state index contributed by atoms with van der Waals surface area (Å²) >= 11 is 0. The number of fused-ring (bicyclic) bond motifs is 1. The molecule has 0 bridgehead atoms. The first-order valence-electron chi connectivity index (χ1n) is 7.19. The molecule has 0 amide bonds.